The lowest BCUT2D eigenvalue weighted by atomic mass is 9.88. The van der Waals surface area contributed by atoms with E-state index in [0.717, 1.165) is 31.4 Å². The number of rotatable bonds is 3. The van der Waals surface area contributed by atoms with Gasteiger partial charge in [0.1, 0.15) is 0 Å². The SMILES string of the molecule is O=C(O)/C=C/C(=O)NNC(=O)[C@@H]1C[C@H]2CC[C@H]1C2. The molecule has 6 nitrogen and oxygen atoms in total. The van der Waals surface area contributed by atoms with Crippen molar-refractivity contribution < 1.29 is 19.5 Å². The van der Waals surface area contributed by atoms with Crippen molar-refractivity contribution >= 4 is 17.8 Å². The lowest BCUT2D eigenvalue weighted by molar-refractivity contribution is -0.131. The van der Waals surface area contributed by atoms with Gasteiger partial charge in [-0.15, -0.1) is 0 Å². The molecule has 0 radical (unpaired) electrons. The number of carbonyl (C=O) groups is 3. The van der Waals surface area contributed by atoms with Gasteiger partial charge in [-0.25, -0.2) is 4.79 Å². The third-order valence-corrected chi connectivity index (χ3v) is 3.76. The van der Waals surface area contributed by atoms with Crippen LogP contribution in [0.1, 0.15) is 25.7 Å². The van der Waals surface area contributed by atoms with Crippen LogP contribution in [-0.2, 0) is 14.4 Å². The quantitative estimate of drug-likeness (QED) is 0.494. The molecule has 0 unspecified atom stereocenters. The molecule has 2 bridgehead atoms. The Morgan fingerprint density at radius 1 is 1.06 bits per heavy atom. The van der Waals surface area contributed by atoms with Gasteiger partial charge in [-0.3, -0.25) is 20.4 Å². The monoisotopic (exact) mass is 252 g/mol. The number of hydrazine groups is 1. The lowest BCUT2D eigenvalue weighted by Crippen LogP contribution is -2.45. The van der Waals surface area contributed by atoms with Crippen LogP contribution in [0.2, 0.25) is 0 Å². The Balaban J connectivity index is 1.75. The average Bonchev–Trinajstić information content (AvgIpc) is 2.95. The van der Waals surface area contributed by atoms with Gasteiger partial charge in [0.05, 0.1) is 0 Å². The fourth-order valence-corrected chi connectivity index (χ4v) is 2.97. The molecule has 2 amide bonds. The van der Waals surface area contributed by atoms with Gasteiger partial charge < -0.3 is 5.11 Å². The summed E-state index contributed by atoms with van der Waals surface area (Å²) in [6.45, 7) is 0. The van der Waals surface area contributed by atoms with E-state index in [9.17, 15) is 14.4 Å². The number of carbonyl (C=O) groups excluding carboxylic acids is 2. The first kappa shape index (κ1) is 12.6. The Morgan fingerprint density at radius 3 is 2.39 bits per heavy atom. The molecule has 0 aliphatic heterocycles. The van der Waals surface area contributed by atoms with Gasteiger partial charge in [0.15, 0.2) is 0 Å². The molecule has 18 heavy (non-hydrogen) atoms. The Hall–Kier alpha value is -1.85. The third kappa shape index (κ3) is 2.88. The summed E-state index contributed by atoms with van der Waals surface area (Å²) in [5, 5.41) is 8.33. The third-order valence-electron chi connectivity index (χ3n) is 3.76. The maximum atomic E-state index is 11.8. The molecule has 0 saturated heterocycles. The molecular weight excluding hydrogens is 236 g/mol. The average molecular weight is 252 g/mol. The van der Waals surface area contributed by atoms with Crippen LogP contribution in [0.25, 0.3) is 0 Å². The van der Waals surface area contributed by atoms with Crippen molar-refractivity contribution in [1.29, 1.82) is 0 Å². The summed E-state index contributed by atoms with van der Waals surface area (Å²) in [7, 11) is 0. The highest BCUT2D eigenvalue weighted by Crippen LogP contribution is 2.48. The van der Waals surface area contributed by atoms with E-state index < -0.39 is 11.9 Å². The van der Waals surface area contributed by atoms with Crippen LogP contribution < -0.4 is 10.9 Å². The van der Waals surface area contributed by atoms with E-state index in [-0.39, 0.29) is 11.8 Å². The van der Waals surface area contributed by atoms with Crippen molar-refractivity contribution in [1.82, 2.24) is 10.9 Å². The number of carboxylic acid groups (broad SMARTS) is 1. The minimum absolute atomic E-state index is 0.00694. The molecule has 2 aliphatic carbocycles. The summed E-state index contributed by atoms with van der Waals surface area (Å²) in [4.78, 5) is 33.1. The minimum Gasteiger partial charge on any atom is -0.478 e. The van der Waals surface area contributed by atoms with Crippen LogP contribution in [0.4, 0.5) is 0 Å². The van der Waals surface area contributed by atoms with Gasteiger partial charge in [0.2, 0.25) is 5.91 Å². The highest BCUT2D eigenvalue weighted by molar-refractivity contribution is 5.95. The minimum atomic E-state index is -1.20. The largest absolute Gasteiger partial charge is 0.478 e. The number of nitrogens with one attached hydrogen (secondary N) is 2. The number of aliphatic carboxylic acids is 1. The first-order valence-electron chi connectivity index (χ1n) is 6.07. The predicted molar refractivity (Wildman–Crippen MR) is 62.0 cm³/mol. The van der Waals surface area contributed by atoms with Crippen LogP contribution in [0.5, 0.6) is 0 Å². The van der Waals surface area contributed by atoms with Crippen molar-refractivity contribution in [3.8, 4) is 0 Å². The maximum absolute atomic E-state index is 11.8. The standard InChI is InChI=1S/C12H16N2O4/c15-10(3-4-11(16)17)13-14-12(18)9-6-7-1-2-8(9)5-7/h3-4,7-9H,1-2,5-6H2,(H,13,15)(H,14,18)(H,16,17)/b4-3+/t7-,8-,9+/m0/s1. The molecular formula is C12H16N2O4. The zero-order valence-corrected chi connectivity index (χ0v) is 9.89. The van der Waals surface area contributed by atoms with Crippen molar-refractivity contribution in [2.45, 2.75) is 25.7 Å². The van der Waals surface area contributed by atoms with E-state index in [4.69, 9.17) is 5.11 Å². The van der Waals surface area contributed by atoms with E-state index in [1.54, 1.807) is 0 Å². The zero-order valence-electron chi connectivity index (χ0n) is 9.89. The van der Waals surface area contributed by atoms with Gasteiger partial charge in [0.25, 0.3) is 5.91 Å². The Kier molecular flexibility index (Phi) is 3.64. The second kappa shape index (κ2) is 5.20. The predicted octanol–water partition coefficient (Wildman–Crippen LogP) is 0.211. The Morgan fingerprint density at radius 2 is 1.83 bits per heavy atom. The highest BCUT2D eigenvalue weighted by atomic mass is 16.4. The van der Waals surface area contributed by atoms with E-state index in [2.05, 4.69) is 10.9 Å². The Bertz CT molecular complexity index is 405. The molecule has 0 aromatic carbocycles. The van der Waals surface area contributed by atoms with Crippen molar-refractivity contribution in [3.05, 3.63) is 12.2 Å². The summed E-state index contributed by atoms with van der Waals surface area (Å²) < 4.78 is 0. The van der Waals surface area contributed by atoms with E-state index in [0.29, 0.717) is 11.8 Å². The summed E-state index contributed by atoms with van der Waals surface area (Å²) in [6, 6.07) is 0. The molecule has 2 saturated carbocycles. The summed E-state index contributed by atoms with van der Waals surface area (Å²) in [5.74, 6) is -0.917. The van der Waals surface area contributed by atoms with Gasteiger partial charge in [-0.2, -0.15) is 0 Å². The molecule has 3 N–H and O–H groups in total. The van der Waals surface area contributed by atoms with Crippen LogP contribution >= 0.6 is 0 Å². The molecule has 0 spiro atoms. The fraction of sp³-hybridized carbons (Fsp3) is 0.583. The van der Waals surface area contributed by atoms with Crippen molar-refractivity contribution in [2.75, 3.05) is 0 Å². The number of hydrogen-bond acceptors (Lipinski definition) is 3. The van der Waals surface area contributed by atoms with E-state index in [1.807, 2.05) is 0 Å². The van der Waals surface area contributed by atoms with Crippen LogP contribution in [-0.4, -0.2) is 22.9 Å². The lowest BCUT2D eigenvalue weighted by Gasteiger charge is -2.20. The van der Waals surface area contributed by atoms with Gasteiger partial charge in [-0.05, 0) is 31.1 Å². The van der Waals surface area contributed by atoms with Crippen molar-refractivity contribution in [3.63, 3.8) is 0 Å². The molecule has 6 heteroatoms. The smallest absolute Gasteiger partial charge is 0.328 e. The van der Waals surface area contributed by atoms with Crippen LogP contribution in [0, 0.1) is 17.8 Å². The number of fused-ring (bicyclic) bond motifs is 2. The summed E-state index contributed by atoms with van der Waals surface area (Å²) in [5.41, 5.74) is 4.54. The molecule has 2 fully saturated rings. The molecule has 0 aromatic rings. The number of amides is 2. The molecule has 98 valence electrons. The van der Waals surface area contributed by atoms with Gasteiger partial charge >= 0.3 is 5.97 Å². The number of hydrogen-bond donors (Lipinski definition) is 3. The van der Waals surface area contributed by atoms with Crippen molar-refractivity contribution in [2.24, 2.45) is 17.8 Å². The summed E-state index contributed by atoms with van der Waals surface area (Å²) >= 11 is 0. The van der Waals surface area contributed by atoms with Crippen LogP contribution in [0.3, 0.4) is 0 Å². The van der Waals surface area contributed by atoms with Crippen LogP contribution in [0.15, 0.2) is 12.2 Å². The first-order chi connectivity index (χ1) is 8.56. The summed E-state index contributed by atoms with van der Waals surface area (Å²) in [6.07, 6.45) is 5.91. The maximum Gasteiger partial charge on any atom is 0.328 e. The molecule has 2 aliphatic rings. The first-order valence-corrected chi connectivity index (χ1v) is 6.07. The van der Waals surface area contributed by atoms with E-state index in [1.165, 1.54) is 6.42 Å². The second-order valence-electron chi connectivity index (χ2n) is 4.93. The molecule has 0 heterocycles. The van der Waals surface area contributed by atoms with E-state index >= 15 is 0 Å². The molecule has 2 rings (SSSR count). The fourth-order valence-electron chi connectivity index (χ4n) is 2.97. The molecule has 3 atom stereocenters. The normalized spacial score (nSPS) is 29.4. The zero-order chi connectivity index (χ0) is 13.1. The highest BCUT2D eigenvalue weighted by Gasteiger charge is 2.43. The second-order valence-corrected chi connectivity index (χ2v) is 4.93. The molecule has 0 aromatic heterocycles. The number of carboxylic acids is 1. The topological polar surface area (TPSA) is 95.5 Å². The van der Waals surface area contributed by atoms with Gasteiger partial charge in [0, 0.05) is 18.1 Å². The van der Waals surface area contributed by atoms with Gasteiger partial charge in [-0.1, -0.05) is 6.42 Å². The Labute approximate surface area is 104 Å².